The lowest BCUT2D eigenvalue weighted by Gasteiger charge is -2.12. The fraction of sp³-hybridized carbons (Fsp3) is 0.0909. The Morgan fingerprint density at radius 2 is 1.64 bits per heavy atom. The average molecular weight is 410 g/mol. The molecule has 0 unspecified atom stereocenters. The second-order valence-electron chi connectivity index (χ2n) is 6.35. The van der Waals surface area contributed by atoms with Crippen molar-refractivity contribution in [2.24, 2.45) is 0 Å². The van der Waals surface area contributed by atoms with Gasteiger partial charge in [0, 0.05) is 11.3 Å². The van der Waals surface area contributed by atoms with Crippen molar-refractivity contribution >= 4 is 23.4 Å². The van der Waals surface area contributed by atoms with E-state index < -0.39 is 0 Å². The maximum absolute atomic E-state index is 14.6. The first-order valence-electron chi connectivity index (χ1n) is 8.77. The second-order valence-corrected chi connectivity index (χ2v) is 7.70. The van der Waals surface area contributed by atoms with Gasteiger partial charge in [-0.2, -0.15) is 0 Å². The maximum atomic E-state index is 14.6. The third-order valence-corrected chi connectivity index (χ3v) is 5.66. The van der Waals surface area contributed by atoms with Crippen LogP contribution in [0.5, 0.6) is 0 Å². The van der Waals surface area contributed by atoms with Crippen LogP contribution in [0.25, 0.3) is 17.1 Å². The van der Waals surface area contributed by atoms with Gasteiger partial charge in [-0.3, -0.25) is 4.57 Å². The van der Waals surface area contributed by atoms with E-state index in [-0.39, 0.29) is 5.82 Å². The van der Waals surface area contributed by atoms with E-state index in [0.29, 0.717) is 33.0 Å². The predicted octanol–water partition coefficient (Wildman–Crippen LogP) is 6.33. The Morgan fingerprint density at radius 3 is 2.39 bits per heavy atom. The first kappa shape index (κ1) is 18.7. The molecule has 1 heterocycles. The molecule has 0 aliphatic heterocycles. The molecule has 0 radical (unpaired) electrons. The van der Waals surface area contributed by atoms with E-state index in [1.165, 1.54) is 23.4 Å². The van der Waals surface area contributed by atoms with Crippen LogP contribution >= 0.6 is 23.4 Å². The lowest BCUT2D eigenvalue weighted by atomic mass is 10.2. The van der Waals surface area contributed by atoms with E-state index in [1.807, 2.05) is 18.2 Å². The van der Waals surface area contributed by atoms with Crippen molar-refractivity contribution in [1.29, 1.82) is 0 Å². The molecule has 0 atom stereocenters. The predicted molar refractivity (Wildman–Crippen MR) is 113 cm³/mol. The normalized spacial score (nSPS) is 11.0. The van der Waals surface area contributed by atoms with Crippen molar-refractivity contribution < 1.29 is 4.39 Å². The Balaban J connectivity index is 1.77. The van der Waals surface area contributed by atoms with Crippen LogP contribution in [0.2, 0.25) is 5.02 Å². The molecule has 3 nitrogen and oxygen atoms in total. The number of aryl methyl sites for hydroxylation is 1. The molecule has 0 fully saturated rings. The van der Waals surface area contributed by atoms with Crippen molar-refractivity contribution in [2.75, 3.05) is 0 Å². The highest BCUT2D eigenvalue weighted by Crippen LogP contribution is 2.33. The largest absolute Gasteiger partial charge is 0.267 e. The van der Waals surface area contributed by atoms with Gasteiger partial charge in [-0.1, -0.05) is 77.5 Å². The molecule has 6 heteroatoms. The molecule has 0 spiro atoms. The molecule has 1 aromatic heterocycles. The summed E-state index contributed by atoms with van der Waals surface area (Å²) in [5, 5.41) is 9.82. The zero-order valence-corrected chi connectivity index (χ0v) is 16.7. The Morgan fingerprint density at radius 1 is 0.929 bits per heavy atom. The van der Waals surface area contributed by atoms with Crippen LogP contribution in [-0.4, -0.2) is 14.8 Å². The number of thioether (sulfide) groups is 1. The number of benzene rings is 3. The molecule has 0 aliphatic carbocycles. The molecule has 0 N–H and O–H groups in total. The summed E-state index contributed by atoms with van der Waals surface area (Å²) in [5.41, 5.74) is 3.48. The van der Waals surface area contributed by atoms with E-state index in [4.69, 9.17) is 11.6 Å². The van der Waals surface area contributed by atoms with Gasteiger partial charge in [-0.25, -0.2) is 4.39 Å². The third-order valence-electron chi connectivity index (χ3n) is 4.33. The van der Waals surface area contributed by atoms with Crippen molar-refractivity contribution in [2.45, 2.75) is 17.8 Å². The summed E-state index contributed by atoms with van der Waals surface area (Å²) in [6, 6.07) is 22.3. The Bertz CT molecular complexity index is 1110. The standard InChI is InChI=1S/C22H17ClFN3S/c1-15-10-12-16(13-11-15)14-28-22-26-25-21(17-6-2-3-7-18(17)23)27(22)20-9-5-4-8-19(20)24/h2-13H,14H2,1H3. The van der Waals surface area contributed by atoms with Gasteiger partial charge in [0.2, 0.25) is 0 Å². The lowest BCUT2D eigenvalue weighted by molar-refractivity contribution is 0.613. The second kappa shape index (κ2) is 8.17. The van der Waals surface area contributed by atoms with Crippen molar-refractivity contribution in [3.05, 3.63) is 94.8 Å². The van der Waals surface area contributed by atoms with Gasteiger partial charge in [0.05, 0.1) is 10.7 Å². The van der Waals surface area contributed by atoms with Crippen LogP contribution in [0.4, 0.5) is 4.39 Å². The Hall–Kier alpha value is -2.63. The minimum atomic E-state index is -0.340. The van der Waals surface area contributed by atoms with Crippen LogP contribution in [0.15, 0.2) is 78.0 Å². The van der Waals surface area contributed by atoms with Crippen molar-refractivity contribution in [3.63, 3.8) is 0 Å². The zero-order chi connectivity index (χ0) is 19.5. The lowest BCUT2D eigenvalue weighted by Crippen LogP contribution is -2.02. The monoisotopic (exact) mass is 409 g/mol. The highest BCUT2D eigenvalue weighted by Gasteiger charge is 2.20. The highest BCUT2D eigenvalue weighted by atomic mass is 35.5. The molecule has 0 amide bonds. The summed E-state index contributed by atoms with van der Waals surface area (Å²) >= 11 is 7.88. The van der Waals surface area contributed by atoms with Gasteiger partial charge >= 0.3 is 0 Å². The molecular formula is C22H17ClFN3S. The molecule has 3 aromatic carbocycles. The smallest absolute Gasteiger partial charge is 0.196 e. The first-order valence-corrected chi connectivity index (χ1v) is 10.1. The van der Waals surface area contributed by atoms with Crippen LogP contribution in [-0.2, 0) is 5.75 Å². The van der Waals surface area contributed by atoms with Gasteiger partial charge in [0.15, 0.2) is 11.0 Å². The first-order chi connectivity index (χ1) is 13.6. The summed E-state index contributed by atoms with van der Waals surface area (Å²) in [7, 11) is 0. The van der Waals surface area contributed by atoms with Gasteiger partial charge in [-0.15, -0.1) is 10.2 Å². The van der Waals surface area contributed by atoms with Crippen LogP contribution in [0, 0.1) is 12.7 Å². The van der Waals surface area contributed by atoms with Gasteiger partial charge in [-0.05, 0) is 36.8 Å². The fourth-order valence-electron chi connectivity index (χ4n) is 2.86. The van der Waals surface area contributed by atoms with Crippen LogP contribution in [0.1, 0.15) is 11.1 Å². The fourth-order valence-corrected chi connectivity index (χ4v) is 3.98. The molecule has 0 saturated heterocycles. The minimum absolute atomic E-state index is 0.340. The summed E-state index contributed by atoms with van der Waals surface area (Å²) < 4.78 is 16.3. The number of aromatic nitrogens is 3. The van der Waals surface area contributed by atoms with Gasteiger partial charge in [0.1, 0.15) is 5.82 Å². The number of hydrogen-bond donors (Lipinski definition) is 0. The molecule has 0 bridgehead atoms. The number of para-hydroxylation sites is 1. The Kier molecular flexibility index (Phi) is 5.46. The van der Waals surface area contributed by atoms with E-state index in [2.05, 4.69) is 41.4 Å². The van der Waals surface area contributed by atoms with Crippen molar-refractivity contribution in [3.8, 4) is 17.1 Å². The van der Waals surface area contributed by atoms with Gasteiger partial charge in [0.25, 0.3) is 0 Å². The highest BCUT2D eigenvalue weighted by molar-refractivity contribution is 7.98. The summed E-state index contributed by atoms with van der Waals surface area (Å²) in [6.45, 7) is 2.06. The number of nitrogens with zero attached hydrogens (tertiary/aromatic N) is 3. The molecule has 4 rings (SSSR count). The Labute approximate surface area is 172 Å². The number of rotatable bonds is 5. The topological polar surface area (TPSA) is 30.7 Å². The summed E-state index contributed by atoms with van der Waals surface area (Å²) in [6.07, 6.45) is 0. The maximum Gasteiger partial charge on any atom is 0.196 e. The average Bonchev–Trinajstić information content (AvgIpc) is 3.12. The molecule has 140 valence electrons. The van der Waals surface area contributed by atoms with Crippen molar-refractivity contribution in [1.82, 2.24) is 14.8 Å². The third kappa shape index (κ3) is 3.81. The van der Waals surface area contributed by atoms with E-state index in [9.17, 15) is 4.39 Å². The van der Waals surface area contributed by atoms with Gasteiger partial charge < -0.3 is 0 Å². The molecule has 4 aromatic rings. The quantitative estimate of drug-likeness (QED) is 0.361. The van der Waals surface area contributed by atoms with E-state index in [0.717, 1.165) is 5.56 Å². The summed E-state index contributed by atoms with van der Waals surface area (Å²) in [4.78, 5) is 0. The van der Waals surface area contributed by atoms with E-state index in [1.54, 1.807) is 28.8 Å². The summed E-state index contributed by atoms with van der Waals surface area (Å²) in [5.74, 6) is 0.880. The minimum Gasteiger partial charge on any atom is -0.267 e. The van der Waals surface area contributed by atoms with Crippen LogP contribution < -0.4 is 0 Å². The number of hydrogen-bond acceptors (Lipinski definition) is 3. The SMILES string of the molecule is Cc1ccc(CSc2nnc(-c3ccccc3Cl)n2-c2ccccc2F)cc1. The van der Waals surface area contributed by atoms with E-state index >= 15 is 0 Å². The zero-order valence-electron chi connectivity index (χ0n) is 15.1. The molecule has 0 saturated carbocycles. The molecule has 28 heavy (non-hydrogen) atoms. The molecular weight excluding hydrogens is 393 g/mol. The number of halogens is 2. The molecule has 0 aliphatic rings. The van der Waals surface area contributed by atoms with Crippen LogP contribution in [0.3, 0.4) is 0 Å².